The molecule has 98 valence electrons. The van der Waals surface area contributed by atoms with Crippen LogP contribution >= 0.6 is 0 Å². The highest BCUT2D eigenvalue weighted by Crippen LogP contribution is 2.14. The summed E-state index contributed by atoms with van der Waals surface area (Å²) in [4.78, 5) is 11.6. The van der Waals surface area contributed by atoms with Crippen LogP contribution < -0.4 is 0 Å². The van der Waals surface area contributed by atoms with Crippen LogP contribution in [0.25, 0.3) is 0 Å². The maximum Gasteiger partial charge on any atom is 0.308 e. The second-order valence-electron chi connectivity index (χ2n) is 5.03. The molecule has 0 fully saturated rings. The molecule has 0 aromatic rings. The highest BCUT2D eigenvalue weighted by atomic mass is 16.5. The van der Waals surface area contributed by atoms with E-state index in [1.54, 1.807) is 0 Å². The van der Waals surface area contributed by atoms with Gasteiger partial charge in [0.1, 0.15) is 0 Å². The summed E-state index contributed by atoms with van der Waals surface area (Å²) in [5, 5.41) is 0. The Kier molecular flexibility index (Phi) is 7.78. The van der Waals surface area contributed by atoms with Gasteiger partial charge < -0.3 is 4.74 Å². The first-order valence-electron chi connectivity index (χ1n) is 7.12. The van der Waals surface area contributed by atoms with Crippen LogP contribution in [0.4, 0.5) is 0 Å². The Morgan fingerprint density at radius 3 is 2.41 bits per heavy atom. The van der Waals surface area contributed by atoms with Gasteiger partial charge >= 0.3 is 5.97 Å². The molecule has 0 N–H and O–H groups in total. The molecule has 0 amide bonds. The van der Waals surface area contributed by atoms with E-state index in [9.17, 15) is 4.79 Å². The number of hydrogen-bond donors (Lipinski definition) is 0. The molecule has 0 spiro atoms. The fraction of sp³-hybridized carbons (Fsp3) is 0.800. The van der Waals surface area contributed by atoms with Crippen molar-refractivity contribution >= 4 is 5.97 Å². The van der Waals surface area contributed by atoms with Gasteiger partial charge in [0.05, 0.1) is 12.5 Å². The van der Waals surface area contributed by atoms with Crippen molar-refractivity contribution in [1.29, 1.82) is 0 Å². The molecule has 17 heavy (non-hydrogen) atoms. The van der Waals surface area contributed by atoms with Crippen LogP contribution in [0.15, 0.2) is 12.2 Å². The van der Waals surface area contributed by atoms with Gasteiger partial charge in [-0.15, -0.1) is 0 Å². The van der Waals surface area contributed by atoms with E-state index in [1.165, 1.54) is 25.7 Å². The lowest BCUT2D eigenvalue weighted by atomic mass is 10.0. The molecule has 0 radical (unpaired) electrons. The Bertz CT molecular complexity index is 233. The molecule has 2 heteroatoms. The summed E-state index contributed by atoms with van der Waals surface area (Å²) in [6.07, 6.45) is 15.0. The molecular formula is C15H26O2. The number of cyclic esters (lactones) is 1. The topological polar surface area (TPSA) is 26.3 Å². The van der Waals surface area contributed by atoms with E-state index in [0.717, 1.165) is 32.1 Å². The van der Waals surface area contributed by atoms with E-state index in [0.29, 0.717) is 6.61 Å². The summed E-state index contributed by atoms with van der Waals surface area (Å²) < 4.78 is 5.27. The third kappa shape index (κ3) is 7.19. The second kappa shape index (κ2) is 9.26. The Balaban J connectivity index is 2.29. The highest BCUT2D eigenvalue weighted by Gasteiger charge is 2.13. The van der Waals surface area contributed by atoms with Crippen LogP contribution in [0.1, 0.15) is 64.7 Å². The van der Waals surface area contributed by atoms with Gasteiger partial charge in [0.2, 0.25) is 0 Å². The molecule has 1 unspecified atom stereocenters. The molecule has 1 heterocycles. The SMILES string of the molecule is CC1CCCCCC/C=C\CCCCOC1=O. The lowest BCUT2D eigenvalue weighted by Crippen LogP contribution is -2.15. The van der Waals surface area contributed by atoms with Gasteiger partial charge in [-0.2, -0.15) is 0 Å². The maximum absolute atomic E-state index is 11.6. The van der Waals surface area contributed by atoms with Crippen molar-refractivity contribution in [3.8, 4) is 0 Å². The number of carbonyl (C=O) groups excluding carboxylic acids is 1. The van der Waals surface area contributed by atoms with Gasteiger partial charge in [-0.05, 0) is 38.5 Å². The van der Waals surface area contributed by atoms with Crippen LogP contribution in [0, 0.1) is 5.92 Å². The normalized spacial score (nSPS) is 27.6. The Hall–Kier alpha value is -0.790. The van der Waals surface area contributed by atoms with Crippen LogP contribution in [0.2, 0.25) is 0 Å². The summed E-state index contributed by atoms with van der Waals surface area (Å²) in [6, 6.07) is 0. The molecule has 0 aromatic carbocycles. The predicted octanol–water partition coefficient (Wildman–Crippen LogP) is 4.25. The zero-order chi connectivity index (χ0) is 12.3. The first-order chi connectivity index (χ1) is 8.30. The van der Waals surface area contributed by atoms with Gasteiger partial charge in [-0.3, -0.25) is 4.79 Å². The summed E-state index contributed by atoms with van der Waals surface area (Å²) in [6.45, 7) is 2.58. The van der Waals surface area contributed by atoms with Gasteiger partial charge in [-0.1, -0.05) is 38.3 Å². The number of hydrogen-bond acceptors (Lipinski definition) is 2. The largest absolute Gasteiger partial charge is 0.465 e. The molecule has 1 aliphatic rings. The number of allylic oxidation sites excluding steroid dienone is 2. The Morgan fingerprint density at radius 2 is 1.65 bits per heavy atom. The summed E-state index contributed by atoms with van der Waals surface area (Å²) in [5.74, 6) is 0.0775. The lowest BCUT2D eigenvalue weighted by molar-refractivity contribution is -0.148. The minimum Gasteiger partial charge on any atom is -0.465 e. The fourth-order valence-corrected chi connectivity index (χ4v) is 2.10. The maximum atomic E-state index is 11.6. The van der Waals surface area contributed by atoms with Crippen molar-refractivity contribution in [1.82, 2.24) is 0 Å². The van der Waals surface area contributed by atoms with Crippen LogP contribution in [0.5, 0.6) is 0 Å². The molecule has 0 aliphatic carbocycles. The van der Waals surface area contributed by atoms with Crippen molar-refractivity contribution in [3.63, 3.8) is 0 Å². The smallest absolute Gasteiger partial charge is 0.308 e. The molecule has 1 rings (SSSR count). The summed E-state index contributed by atoms with van der Waals surface area (Å²) >= 11 is 0. The van der Waals surface area contributed by atoms with Gasteiger partial charge in [0.25, 0.3) is 0 Å². The molecule has 1 atom stereocenters. The zero-order valence-corrected chi connectivity index (χ0v) is 11.1. The molecule has 2 nitrogen and oxygen atoms in total. The Morgan fingerprint density at radius 1 is 1.00 bits per heavy atom. The van der Waals surface area contributed by atoms with Crippen molar-refractivity contribution in [2.75, 3.05) is 6.61 Å². The van der Waals surface area contributed by atoms with Crippen LogP contribution in [0.3, 0.4) is 0 Å². The fourth-order valence-electron chi connectivity index (χ4n) is 2.10. The molecule has 1 aliphatic heterocycles. The number of esters is 1. The van der Waals surface area contributed by atoms with Gasteiger partial charge in [-0.25, -0.2) is 0 Å². The minimum atomic E-state index is -0.00425. The molecule has 0 aromatic heterocycles. The molecule has 0 saturated heterocycles. The van der Waals surface area contributed by atoms with Gasteiger partial charge in [0, 0.05) is 0 Å². The predicted molar refractivity (Wildman–Crippen MR) is 70.8 cm³/mol. The summed E-state index contributed by atoms with van der Waals surface area (Å²) in [5.41, 5.74) is 0. The summed E-state index contributed by atoms with van der Waals surface area (Å²) in [7, 11) is 0. The van der Waals surface area contributed by atoms with Crippen LogP contribution in [-0.2, 0) is 9.53 Å². The standard InChI is InChI=1S/C15H26O2/c1-14-12-10-8-6-4-2-3-5-7-9-11-13-17-15(14)16/h3,5,14H,2,4,6-13H2,1H3/b5-3-. The first kappa shape index (κ1) is 14.3. The van der Waals surface area contributed by atoms with E-state index in [2.05, 4.69) is 12.2 Å². The van der Waals surface area contributed by atoms with E-state index in [4.69, 9.17) is 4.74 Å². The van der Waals surface area contributed by atoms with Crippen molar-refractivity contribution in [3.05, 3.63) is 12.2 Å². The average Bonchev–Trinajstić information content (AvgIpc) is 2.34. The van der Waals surface area contributed by atoms with Crippen molar-refractivity contribution in [2.24, 2.45) is 5.92 Å². The highest BCUT2D eigenvalue weighted by molar-refractivity contribution is 5.71. The number of rotatable bonds is 0. The monoisotopic (exact) mass is 238 g/mol. The first-order valence-corrected chi connectivity index (χ1v) is 7.12. The molecule has 0 bridgehead atoms. The average molecular weight is 238 g/mol. The Labute approximate surface area is 105 Å². The van der Waals surface area contributed by atoms with E-state index in [1.807, 2.05) is 6.92 Å². The van der Waals surface area contributed by atoms with E-state index in [-0.39, 0.29) is 11.9 Å². The van der Waals surface area contributed by atoms with Crippen LogP contribution in [-0.4, -0.2) is 12.6 Å². The zero-order valence-electron chi connectivity index (χ0n) is 11.1. The second-order valence-corrected chi connectivity index (χ2v) is 5.03. The third-order valence-corrected chi connectivity index (χ3v) is 3.34. The van der Waals surface area contributed by atoms with Gasteiger partial charge in [0.15, 0.2) is 0 Å². The minimum absolute atomic E-state index is 0.00425. The lowest BCUT2D eigenvalue weighted by Gasteiger charge is -2.10. The van der Waals surface area contributed by atoms with E-state index >= 15 is 0 Å². The third-order valence-electron chi connectivity index (χ3n) is 3.34. The van der Waals surface area contributed by atoms with Crippen molar-refractivity contribution in [2.45, 2.75) is 64.7 Å². The molecular weight excluding hydrogens is 212 g/mol. The number of ether oxygens (including phenoxy) is 1. The van der Waals surface area contributed by atoms with E-state index < -0.39 is 0 Å². The number of carbonyl (C=O) groups is 1. The van der Waals surface area contributed by atoms with Crippen molar-refractivity contribution < 1.29 is 9.53 Å². The molecule has 0 saturated carbocycles. The quantitative estimate of drug-likeness (QED) is 0.466.